The second-order valence-electron chi connectivity index (χ2n) is 2.92. The largest absolute Gasteiger partial charge is 0.573 e. The number of benzene rings is 1. The lowest BCUT2D eigenvalue weighted by Gasteiger charge is -2.17. The zero-order valence-corrected chi connectivity index (χ0v) is 9.37. The summed E-state index contributed by atoms with van der Waals surface area (Å²) in [7, 11) is 0. The van der Waals surface area contributed by atoms with Crippen LogP contribution in [-0.2, 0) is 6.18 Å². The van der Waals surface area contributed by atoms with E-state index < -0.39 is 28.3 Å². The van der Waals surface area contributed by atoms with Crippen molar-refractivity contribution in [3.63, 3.8) is 0 Å². The second-order valence-corrected chi connectivity index (χ2v) is 3.78. The average molecular weight is 324 g/mol. The van der Waals surface area contributed by atoms with Crippen molar-refractivity contribution in [1.29, 1.82) is 0 Å². The number of ether oxygens (including phenoxy) is 1. The van der Waals surface area contributed by atoms with Crippen LogP contribution in [0.15, 0.2) is 16.6 Å². The van der Waals surface area contributed by atoms with Crippen molar-refractivity contribution in [1.82, 2.24) is 0 Å². The number of rotatable bonds is 1. The number of hydrogen-bond donors (Lipinski definition) is 1. The monoisotopic (exact) mass is 323 g/mol. The van der Waals surface area contributed by atoms with Crippen LogP contribution < -0.4 is 10.5 Å². The molecule has 9 heteroatoms. The quantitative estimate of drug-likeness (QED) is 0.627. The van der Waals surface area contributed by atoms with Crippen molar-refractivity contribution < 1.29 is 31.1 Å². The third-order valence-corrected chi connectivity index (χ3v) is 2.21. The summed E-state index contributed by atoms with van der Waals surface area (Å²) in [5.74, 6) is -1.39. The van der Waals surface area contributed by atoms with Crippen molar-refractivity contribution in [3.05, 3.63) is 22.2 Å². The Kier molecular flexibility index (Phi) is 3.51. The van der Waals surface area contributed by atoms with E-state index in [0.29, 0.717) is 6.07 Å². The number of nitrogens with two attached hydrogens (primary N) is 1. The Bertz CT molecular complexity index is 427. The summed E-state index contributed by atoms with van der Waals surface area (Å²) in [6, 6.07) is 1.30. The Labute approximate surface area is 99.5 Å². The summed E-state index contributed by atoms with van der Waals surface area (Å²) in [5.41, 5.74) is 3.29. The van der Waals surface area contributed by atoms with E-state index in [-0.39, 0.29) is 5.69 Å². The van der Waals surface area contributed by atoms with Gasteiger partial charge in [0.05, 0.1) is 0 Å². The molecule has 0 unspecified atom stereocenters. The molecule has 0 aliphatic heterocycles. The maximum atomic E-state index is 12.5. The van der Waals surface area contributed by atoms with Gasteiger partial charge in [-0.15, -0.1) is 13.2 Å². The number of nitrogen functional groups attached to an aromatic ring is 1. The first kappa shape index (κ1) is 13.9. The third kappa shape index (κ3) is 3.69. The van der Waals surface area contributed by atoms with Crippen LogP contribution in [0.2, 0.25) is 0 Å². The van der Waals surface area contributed by atoms with Gasteiger partial charge in [0.25, 0.3) is 0 Å². The van der Waals surface area contributed by atoms with Crippen LogP contribution in [0.5, 0.6) is 5.75 Å². The van der Waals surface area contributed by atoms with Crippen molar-refractivity contribution in [2.45, 2.75) is 12.5 Å². The molecule has 0 fully saturated rings. The van der Waals surface area contributed by atoms with Gasteiger partial charge in [-0.1, -0.05) is 0 Å². The molecule has 17 heavy (non-hydrogen) atoms. The third-order valence-electron chi connectivity index (χ3n) is 1.59. The van der Waals surface area contributed by atoms with Gasteiger partial charge in [-0.05, 0) is 22.0 Å². The van der Waals surface area contributed by atoms with Gasteiger partial charge in [-0.3, -0.25) is 0 Å². The van der Waals surface area contributed by atoms with Crippen LogP contribution >= 0.6 is 15.9 Å². The van der Waals surface area contributed by atoms with E-state index >= 15 is 0 Å². The Balaban J connectivity index is 3.36. The van der Waals surface area contributed by atoms with Crippen molar-refractivity contribution in [2.75, 3.05) is 5.73 Å². The normalized spacial score (nSPS) is 12.6. The molecule has 0 aliphatic rings. The molecule has 0 amide bonds. The van der Waals surface area contributed by atoms with E-state index in [0.717, 1.165) is 6.07 Å². The Morgan fingerprint density at radius 1 is 1.06 bits per heavy atom. The maximum absolute atomic E-state index is 12.5. The predicted octanol–water partition coefficient (Wildman–Crippen LogP) is 3.95. The van der Waals surface area contributed by atoms with E-state index in [2.05, 4.69) is 20.7 Å². The zero-order valence-electron chi connectivity index (χ0n) is 7.79. The molecule has 0 aliphatic carbocycles. The SMILES string of the molecule is Nc1cc(Br)c(C(F)(F)F)c(OC(F)(F)F)c1. The fraction of sp³-hybridized carbons (Fsp3) is 0.250. The van der Waals surface area contributed by atoms with Gasteiger partial charge in [0, 0.05) is 16.2 Å². The summed E-state index contributed by atoms with van der Waals surface area (Å²) >= 11 is 2.49. The molecule has 0 atom stereocenters. The molecule has 0 saturated heterocycles. The van der Waals surface area contributed by atoms with Gasteiger partial charge in [-0.25, -0.2) is 0 Å². The van der Waals surface area contributed by atoms with Crippen molar-refractivity contribution >= 4 is 21.6 Å². The van der Waals surface area contributed by atoms with Crippen LogP contribution in [0.25, 0.3) is 0 Å². The highest BCUT2D eigenvalue weighted by Gasteiger charge is 2.41. The van der Waals surface area contributed by atoms with Gasteiger partial charge in [-0.2, -0.15) is 13.2 Å². The Morgan fingerprint density at radius 2 is 1.59 bits per heavy atom. The molecular formula is C8H4BrF6NO. The smallest absolute Gasteiger partial charge is 0.405 e. The average Bonchev–Trinajstić information content (AvgIpc) is 1.94. The summed E-state index contributed by atoms with van der Waals surface area (Å²) in [6.45, 7) is 0. The van der Waals surface area contributed by atoms with Gasteiger partial charge in [0.15, 0.2) is 0 Å². The number of hydrogen-bond acceptors (Lipinski definition) is 2. The van der Waals surface area contributed by atoms with Crippen LogP contribution in [0.3, 0.4) is 0 Å². The van der Waals surface area contributed by atoms with Gasteiger partial charge in [0.1, 0.15) is 11.3 Å². The summed E-state index contributed by atoms with van der Waals surface area (Å²) in [6.07, 6.45) is -10.2. The van der Waals surface area contributed by atoms with E-state index in [4.69, 9.17) is 5.73 Å². The van der Waals surface area contributed by atoms with Crippen LogP contribution in [0, 0.1) is 0 Å². The van der Waals surface area contributed by atoms with Gasteiger partial charge < -0.3 is 10.5 Å². The number of alkyl halides is 6. The van der Waals surface area contributed by atoms with Crippen LogP contribution in [0.4, 0.5) is 32.0 Å². The highest BCUT2D eigenvalue weighted by atomic mass is 79.9. The topological polar surface area (TPSA) is 35.2 Å². The summed E-state index contributed by atoms with van der Waals surface area (Å²) < 4.78 is 75.9. The molecular weight excluding hydrogens is 320 g/mol. The molecule has 1 rings (SSSR count). The molecule has 96 valence electrons. The van der Waals surface area contributed by atoms with E-state index in [1.807, 2.05) is 0 Å². The van der Waals surface area contributed by atoms with Crippen molar-refractivity contribution in [3.8, 4) is 5.75 Å². The Morgan fingerprint density at radius 3 is 2.00 bits per heavy atom. The molecule has 0 heterocycles. The minimum atomic E-state index is -5.23. The lowest BCUT2D eigenvalue weighted by molar-refractivity contribution is -0.276. The minimum absolute atomic E-state index is 0.288. The fourth-order valence-electron chi connectivity index (χ4n) is 1.08. The highest BCUT2D eigenvalue weighted by molar-refractivity contribution is 9.10. The lowest BCUT2D eigenvalue weighted by Crippen LogP contribution is -2.20. The minimum Gasteiger partial charge on any atom is -0.405 e. The number of anilines is 1. The predicted molar refractivity (Wildman–Crippen MR) is 50.2 cm³/mol. The zero-order chi connectivity index (χ0) is 13.4. The highest BCUT2D eigenvalue weighted by Crippen LogP contribution is 2.43. The summed E-state index contributed by atoms with van der Waals surface area (Å²) in [4.78, 5) is 0. The standard InChI is InChI=1S/C8H4BrF6NO/c9-4-1-3(16)2-5(17-8(13,14)15)6(4)7(10,11)12/h1-2H,16H2. The summed E-state index contributed by atoms with van der Waals surface area (Å²) in [5, 5.41) is 0. The molecule has 0 spiro atoms. The van der Waals surface area contributed by atoms with Crippen LogP contribution in [0.1, 0.15) is 5.56 Å². The van der Waals surface area contributed by atoms with E-state index in [9.17, 15) is 26.3 Å². The van der Waals surface area contributed by atoms with Gasteiger partial charge in [0.2, 0.25) is 0 Å². The van der Waals surface area contributed by atoms with E-state index in [1.165, 1.54) is 0 Å². The van der Waals surface area contributed by atoms with Crippen molar-refractivity contribution in [2.24, 2.45) is 0 Å². The molecule has 1 aromatic rings. The molecule has 1 aromatic carbocycles. The molecule has 2 N–H and O–H groups in total. The first-order chi connectivity index (χ1) is 7.50. The first-order valence-corrected chi connectivity index (χ1v) is 4.72. The second kappa shape index (κ2) is 4.28. The molecule has 0 aromatic heterocycles. The van der Waals surface area contributed by atoms with Crippen LogP contribution in [-0.4, -0.2) is 6.36 Å². The molecule has 0 bridgehead atoms. The molecule has 2 nitrogen and oxygen atoms in total. The molecule has 0 radical (unpaired) electrons. The molecule has 0 saturated carbocycles. The van der Waals surface area contributed by atoms with Gasteiger partial charge >= 0.3 is 12.5 Å². The lowest BCUT2D eigenvalue weighted by atomic mass is 10.2. The first-order valence-electron chi connectivity index (χ1n) is 3.92. The Hall–Kier alpha value is -1.12. The van der Waals surface area contributed by atoms with E-state index in [1.54, 1.807) is 0 Å². The fourth-order valence-corrected chi connectivity index (χ4v) is 1.77. The maximum Gasteiger partial charge on any atom is 0.573 e. The number of halogens is 7.